The van der Waals surface area contributed by atoms with E-state index >= 15 is 0 Å². The fraction of sp³-hybridized carbons (Fsp3) is 0.467. The number of rotatable bonds is 5. The quantitative estimate of drug-likeness (QED) is 0.909. The van der Waals surface area contributed by atoms with Crippen molar-refractivity contribution in [2.24, 2.45) is 5.73 Å². The van der Waals surface area contributed by atoms with Gasteiger partial charge in [0.1, 0.15) is 17.4 Å². The second-order valence-corrected chi connectivity index (χ2v) is 4.95. The first-order chi connectivity index (χ1) is 9.51. The van der Waals surface area contributed by atoms with Gasteiger partial charge in [0.25, 0.3) is 0 Å². The minimum absolute atomic E-state index is 0.00278. The lowest BCUT2D eigenvalue weighted by Gasteiger charge is -2.14. The highest BCUT2D eigenvalue weighted by Crippen LogP contribution is 2.24. The van der Waals surface area contributed by atoms with Crippen LogP contribution < -0.4 is 10.5 Å². The first-order valence-electron chi connectivity index (χ1n) is 6.90. The summed E-state index contributed by atoms with van der Waals surface area (Å²) < 4.78 is 7.58. The molecule has 0 aliphatic rings. The topological polar surface area (TPSA) is 66.0 Å². The Morgan fingerprint density at radius 3 is 2.65 bits per heavy atom. The zero-order chi connectivity index (χ0) is 14.7. The highest BCUT2D eigenvalue weighted by Gasteiger charge is 2.11. The van der Waals surface area contributed by atoms with Crippen molar-refractivity contribution in [1.82, 2.24) is 14.8 Å². The molecule has 1 aromatic carbocycles. The van der Waals surface area contributed by atoms with Gasteiger partial charge < -0.3 is 10.5 Å². The van der Waals surface area contributed by atoms with Gasteiger partial charge in [-0.05, 0) is 45.4 Å². The third kappa shape index (κ3) is 3.17. The van der Waals surface area contributed by atoms with E-state index in [0.717, 1.165) is 28.5 Å². The number of hydrogen-bond donors (Lipinski definition) is 1. The second-order valence-electron chi connectivity index (χ2n) is 4.95. The van der Waals surface area contributed by atoms with E-state index in [2.05, 4.69) is 16.1 Å². The zero-order valence-electron chi connectivity index (χ0n) is 12.6. The smallest absolute Gasteiger partial charge is 0.147 e. The van der Waals surface area contributed by atoms with E-state index in [1.165, 1.54) is 0 Å². The summed E-state index contributed by atoms with van der Waals surface area (Å²) in [6.07, 6.45) is 0. The zero-order valence-corrected chi connectivity index (χ0v) is 12.6. The van der Waals surface area contributed by atoms with Crippen LogP contribution in [-0.4, -0.2) is 21.4 Å². The van der Waals surface area contributed by atoms with Crippen LogP contribution in [0.1, 0.15) is 42.7 Å². The van der Waals surface area contributed by atoms with Gasteiger partial charge in [-0.2, -0.15) is 5.10 Å². The Labute approximate surface area is 119 Å². The molecule has 2 rings (SSSR count). The van der Waals surface area contributed by atoms with E-state index in [-0.39, 0.29) is 6.04 Å². The molecule has 0 saturated heterocycles. The van der Waals surface area contributed by atoms with Crippen LogP contribution in [0.15, 0.2) is 18.2 Å². The molecule has 2 aromatic rings. The summed E-state index contributed by atoms with van der Waals surface area (Å²) in [5.41, 5.74) is 8.13. The largest absolute Gasteiger partial charge is 0.494 e. The third-order valence-electron chi connectivity index (χ3n) is 3.19. The Hall–Kier alpha value is -1.88. The Morgan fingerprint density at radius 2 is 2.10 bits per heavy atom. The van der Waals surface area contributed by atoms with Gasteiger partial charge in [-0.15, -0.1) is 0 Å². The predicted octanol–water partition coefficient (Wildman–Crippen LogP) is 2.36. The number of ether oxygens (including phenoxy) is 1. The van der Waals surface area contributed by atoms with Crippen LogP contribution in [0.25, 0.3) is 0 Å². The Balaban J connectivity index is 2.36. The van der Waals surface area contributed by atoms with E-state index in [1.807, 2.05) is 44.5 Å². The number of benzene rings is 1. The van der Waals surface area contributed by atoms with E-state index in [0.29, 0.717) is 13.2 Å². The van der Waals surface area contributed by atoms with Gasteiger partial charge in [0, 0.05) is 11.6 Å². The maximum atomic E-state index is 5.96. The summed E-state index contributed by atoms with van der Waals surface area (Å²) in [5.74, 6) is 2.56. The molecular weight excluding hydrogens is 252 g/mol. The average Bonchev–Trinajstić information content (AvgIpc) is 2.70. The molecule has 5 nitrogen and oxygen atoms in total. The molecule has 0 spiro atoms. The van der Waals surface area contributed by atoms with E-state index in [4.69, 9.17) is 10.5 Å². The highest BCUT2D eigenvalue weighted by atomic mass is 16.5. The number of aromatic nitrogens is 3. The van der Waals surface area contributed by atoms with Gasteiger partial charge in [-0.3, -0.25) is 0 Å². The lowest BCUT2D eigenvalue weighted by molar-refractivity contribution is 0.335. The van der Waals surface area contributed by atoms with Crippen molar-refractivity contribution >= 4 is 0 Å². The first-order valence-corrected chi connectivity index (χ1v) is 6.90. The van der Waals surface area contributed by atoms with Crippen LogP contribution in [0.3, 0.4) is 0 Å². The molecule has 0 bridgehead atoms. The van der Waals surface area contributed by atoms with Crippen molar-refractivity contribution in [3.05, 3.63) is 41.0 Å². The summed E-state index contributed by atoms with van der Waals surface area (Å²) >= 11 is 0. The lowest BCUT2D eigenvalue weighted by atomic mass is 10.0. The molecule has 0 fully saturated rings. The van der Waals surface area contributed by atoms with Crippen LogP contribution >= 0.6 is 0 Å². The molecule has 2 N–H and O–H groups in total. The minimum Gasteiger partial charge on any atom is -0.494 e. The highest BCUT2D eigenvalue weighted by molar-refractivity contribution is 5.38. The molecule has 0 aliphatic carbocycles. The Kier molecular flexibility index (Phi) is 4.39. The van der Waals surface area contributed by atoms with Crippen molar-refractivity contribution in [1.29, 1.82) is 0 Å². The molecule has 108 valence electrons. The standard InChI is InChI=1S/C15H22N4O/c1-5-20-15-7-6-13(10(2)16)8-14(15)9-19-12(4)17-11(3)18-19/h6-8,10H,5,9,16H2,1-4H3. The van der Waals surface area contributed by atoms with Crippen molar-refractivity contribution in [2.45, 2.75) is 40.3 Å². The Bertz CT molecular complexity index is 590. The van der Waals surface area contributed by atoms with Crippen LogP contribution in [0.5, 0.6) is 5.75 Å². The molecule has 1 heterocycles. The van der Waals surface area contributed by atoms with Gasteiger partial charge in [-0.1, -0.05) is 6.07 Å². The van der Waals surface area contributed by atoms with Crippen LogP contribution in [-0.2, 0) is 6.54 Å². The second kappa shape index (κ2) is 6.05. The third-order valence-corrected chi connectivity index (χ3v) is 3.19. The molecule has 1 atom stereocenters. The Morgan fingerprint density at radius 1 is 1.35 bits per heavy atom. The van der Waals surface area contributed by atoms with Crippen LogP contribution in [0, 0.1) is 13.8 Å². The van der Waals surface area contributed by atoms with Crippen LogP contribution in [0.2, 0.25) is 0 Å². The minimum atomic E-state index is 0.00278. The molecule has 20 heavy (non-hydrogen) atoms. The fourth-order valence-electron chi connectivity index (χ4n) is 2.17. The van der Waals surface area contributed by atoms with Gasteiger partial charge in [0.05, 0.1) is 13.2 Å². The average molecular weight is 274 g/mol. The molecule has 0 saturated carbocycles. The van der Waals surface area contributed by atoms with Gasteiger partial charge in [0.2, 0.25) is 0 Å². The molecule has 0 aliphatic heterocycles. The van der Waals surface area contributed by atoms with Gasteiger partial charge in [-0.25, -0.2) is 9.67 Å². The van der Waals surface area contributed by atoms with Crippen LogP contribution in [0.4, 0.5) is 0 Å². The monoisotopic (exact) mass is 274 g/mol. The van der Waals surface area contributed by atoms with Gasteiger partial charge >= 0.3 is 0 Å². The fourth-order valence-corrected chi connectivity index (χ4v) is 2.17. The van der Waals surface area contributed by atoms with E-state index in [1.54, 1.807) is 0 Å². The summed E-state index contributed by atoms with van der Waals surface area (Å²) in [6.45, 7) is 9.09. The van der Waals surface area contributed by atoms with Crippen molar-refractivity contribution in [3.8, 4) is 5.75 Å². The maximum absolute atomic E-state index is 5.96. The van der Waals surface area contributed by atoms with E-state index in [9.17, 15) is 0 Å². The van der Waals surface area contributed by atoms with Gasteiger partial charge in [0.15, 0.2) is 0 Å². The van der Waals surface area contributed by atoms with Crippen molar-refractivity contribution < 1.29 is 4.74 Å². The summed E-state index contributed by atoms with van der Waals surface area (Å²) in [7, 11) is 0. The van der Waals surface area contributed by atoms with Crippen molar-refractivity contribution in [2.75, 3.05) is 6.61 Å². The number of nitrogens with zero attached hydrogens (tertiary/aromatic N) is 3. The molecule has 0 radical (unpaired) electrons. The number of aryl methyl sites for hydroxylation is 2. The predicted molar refractivity (Wildman–Crippen MR) is 78.8 cm³/mol. The molecular formula is C15H22N4O. The molecule has 1 aromatic heterocycles. The summed E-state index contributed by atoms with van der Waals surface area (Å²) in [4.78, 5) is 4.33. The number of nitrogens with two attached hydrogens (primary N) is 1. The summed E-state index contributed by atoms with van der Waals surface area (Å²) in [6, 6.07) is 6.09. The summed E-state index contributed by atoms with van der Waals surface area (Å²) in [5, 5.41) is 4.40. The van der Waals surface area contributed by atoms with Crippen molar-refractivity contribution in [3.63, 3.8) is 0 Å². The SMILES string of the molecule is CCOc1ccc(C(C)N)cc1Cn1nc(C)nc1C. The normalized spacial score (nSPS) is 12.4. The molecule has 5 heteroatoms. The lowest BCUT2D eigenvalue weighted by Crippen LogP contribution is -2.10. The molecule has 0 amide bonds. The first kappa shape index (κ1) is 14.5. The number of hydrogen-bond acceptors (Lipinski definition) is 4. The van der Waals surface area contributed by atoms with E-state index < -0.39 is 0 Å². The molecule has 1 unspecified atom stereocenters. The maximum Gasteiger partial charge on any atom is 0.147 e.